The number of piperazine rings is 1. The minimum absolute atomic E-state index is 0. The molecule has 0 saturated carbocycles. The molecule has 1 atom stereocenters. The van der Waals surface area contributed by atoms with Gasteiger partial charge in [-0.2, -0.15) is 18.3 Å². The minimum atomic E-state index is -4.65. The standard InChI is InChI=1S/C29H31F3N8O4.H3N/c1-16-12-18(6-7-19(16)27(44)38-10-11-40(22(41)13-23(42)43)28(3,4)17(38)2)35-25-26-34-14-21(39(26)9-8-33-25)20-15-37(5)36-24(20)29(30,31)32;/h6-9,12,14-15,17H,10-11,13H2,1-5H3,(H,33,35)(H,42,43);1H3. The Hall–Kier alpha value is -4.99. The van der Waals surface area contributed by atoms with Crippen LogP contribution in [0.25, 0.3) is 16.9 Å². The van der Waals surface area contributed by atoms with E-state index in [9.17, 15) is 32.7 Å². The van der Waals surface area contributed by atoms with Gasteiger partial charge in [0, 0.05) is 50.0 Å². The van der Waals surface area contributed by atoms with Crippen LogP contribution >= 0.6 is 0 Å². The predicted molar refractivity (Wildman–Crippen MR) is 157 cm³/mol. The van der Waals surface area contributed by atoms with Gasteiger partial charge < -0.3 is 31.2 Å². The molecule has 1 saturated heterocycles. The van der Waals surface area contributed by atoms with Crippen molar-refractivity contribution >= 4 is 34.9 Å². The summed E-state index contributed by atoms with van der Waals surface area (Å²) < 4.78 is 43.5. The smallest absolute Gasteiger partial charge is 0.435 e. The van der Waals surface area contributed by atoms with Crippen molar-refractivity contribution in [3.05, 3.63) is 59.8 Å². The van der Waals surface area contributed by atoms with Crippen molar-refractivity contribution in [1.82, 2.24) is 40.1 Å². The van der Waals surface area contributed by atoms with E-state index in [2.05, 4.69) is 20.4 Å². The molecule has 1 aliphatic rings. The zero-order valence-corrected chi connectivity index (χ0v) is 25.6. The van der Waals surface area contributed by atoms with Crippen molar-refractivity contribution in [3.63, 3.8) is 0 Å². The molecule has 16 heteroatoms. The number of aryl methyl sites for hydroxylation is 2. The second-order valence-corrected chi connectivity index (χ2v) is 11.3. The summed E-state index contributed by atoms with van der Waals surface area (Å²) in [5.41, 5.74) is 0.200. The van der Waals surface area contributed by atoms with E-state index in [-0.39, 0.29) is 36.4 Å². The minimum Gasteiger partial charge on any atom is -0.550 e. The Bertz CT molecular complexity index is 1780. The van der Waals surface area contributed by atoms with Crippen molar-refractivity contribution < 1.29 is 32.7 Å². The number of quaternary nitrogens is 1. The molecule has 0 radical (unpaired) electrons. The molecule has 0 bridgehead atoms. The molecular weight excluding hydrogens is 595 g/mol. The van der Waals surface area contributed by atoms with Crippen molar-refractivity contribution in [1.29, 1.82) is 0 Å². The highest BCUT2D eigenvalue weighted by Crippen LogP contribution is 2.37. The highest BCUT2D eigenvalue weighted by molar-refractivity contribution is 5.97. The Morgan fingerprint density at radius 2 is 1.87 bits per heavy atom. The summed E-state index contributed by atoms with van der Waals surface area (Å²) in [6, 6.07) is 4.69. The fraction of sp³-hybridized carbons (Fsp3) is 0.379. The topological polar surface area (TPSA) is 177 Å². The van der Waals surface area contributed by atoms with Crippen LogP contribution in [-0.2, 0) is 22.8 Å². The third kappa shape index (κ3) is 6.05. The Labute approximate surface area is 256 Å². The molecule has 13 nitrogen and oxygen atoms in total. The van der Waals surface area contributed by atoms with E-state index in [0.29, 0.717) is 28.3 Å². The van der Waals surface area contributed by atoms with Crippen molar-refractivity contribution in [2.75, 3.05) is 18.4 Å². The lowest BCUT2D eigenvalue weighted by molar-refractivity contribution is -0.305. The summed E-state index contributed by atoms with van der Waals surface area (Å²) in [6.45, 7) is 7.57. The largest absolute Gasteiger partial charge is 0.550 e. The molecule has 5 N–H and O–H groups in total. The predicted octanol–water partition coefficient (Wildman–Crippen LogP) is 3.17. The molecule has 0 spiro atoms. The van der Waals surface area contributed by atoms with Crippen LogP contribution in [0.5, 0.6) is 0 Å². The van der Waals surface area contributed by atoms with Gasteiger partial charge in [0.05, 0.1) is 41.4 Å². The molecule has 1 aliphatic heterocycles. The summed E-state index contributed by atoms with van der Waals surface area (Å²) in [7, 11) is 1.41. The average Bonchev–Trinajstić information content (AvgIpc) is 3.53. The van der Waals surface area contributed by atoms with Crippen molar-refractivity contribution in [3.8, 4) is 11.3 Å². The molecule has 45 heavy (non-hydrogen) atoms. The maximum absolute atomic E-state index is 13.6. The Balaban J connectivity index is 0.00000461. The van der Waals surface area contributed by atoms with Gasteiger partial charge in [0.2, 0.25) is 5.91 Å². The number of nitrogens with zero attached hydrogens (tertiary/aromatic N) is 7. The molecular formula is C29H34F3N9O4. The summed E-state index contributed by atoms with van der Waals surface area (Å²) >= 11 is 0. The summed E-state index contributed by atoms with van der Waals surface area (Å²) in [4.78, 5) is 48.9. The van der Waals surface area contributed by atoms with Gasteiger partial charge in [-0.25, -0.2) is 9.97 Å². The first-order valence-corrected chi connectivity index (χ1v) is 13.7. The van der Waals surface area contributed by atoms with E-state index < -0.39 is 41.7 Å². The van der Waals surface area contributed by atoms with Gasteiger partial charge >= 0.3 is 6.18 Å². The fourth-order valence-electron chi connectivity index (χ4n) is 5.60. The number of carboxylic acids is 1. The van der Waals surface area contributed by atoms with Crippen LogP contribution in [0.15, 0.2) is 43.0 Å². The van der Waals surface area contributed by atoms with Gasteiger partial charge in [-0.15, -0.1) is 0 Å². The Kier molecular flexibility index (Phi) is 8.66. The first-order valence-electron chi connectivity index (χ1n) is 13.7. The quantitative estimate of drug-likeness (QED) is 0.306. The molecule has 1 fully saturated rings. The maximum atomic E-state index is 13.6. The van der Waals surface area contributed by atoms with E-state index >= 15 is 0 Å². The van der Waals surface area contributed by atoms with Gasteiger partial charge in [0.15, 0.2) is 17.2 Å². The number of fused-ring (bicyclic) bond motifs is 1. The normalized spacial score (nSPS) is 16.4. The lowest BCUT2D eigenvalue weighted by Gasteiger charge is -2.52. The Morgan fingerprint density at radius 1 is 1.16 bits per heavy atom. The van der Waals surface area contributed by atoms with E-state index in [1.807, 2.05) is 6.92 Å². The van der Waals surface area contributed by atoms with Crippen molar-refractivity contribution in [2.45, 2.75) is 51.9 Å². The highest BCUT2D eigenvalue weighted by atomic mass is 19.4. The number of anilines is 2. The van der Waals surface area contributed by atoms with E-state index in [1.54, 1.807) is 43.9 Å². The van der Waals surface area contributed by atoms with E-state index in [0.717, 1.165) is 4.68 Å². The lowest BCUT2D eigenvalue weighted by Crippen LogP contribution is -2.67. The second kappa shape index (κ2) is 11.8. The van der Waals surface area contributed by atoms with Gasteiger partial charge in [-0.1, -0.05) is 0 Å². The van der Waals surface area contributed by atoms with Gasteiger partial charge in [0.1, 0.15) is 0 Å². The molecule has 1 aromatic carbocycles. The van der Waals surface area contributed by atoms with Gasteiger partial charge in [-0.05, 0) is 51.5 Å². The number of alkyl halides is 3. The van der Waals surface area contributed by atoms with Crippen LogP contribution < -0.4 is 16.6 Å². The molecule has 240 valence electrons. The summed E-state index contributed by atoms with van der Waals surface area (Å²) in [5.74, 6) is -1.96. The molecule has 3 aromatic heterocycles. The highest BCUT2D eigenvalue weighted by Gasteiger charge is 2.44. The molecule has 5 rings (SSSR count). The summed E-state index contributed by atoms with van der Waals surface area (Å²) in [6.07, 6.45) is 0.190. The number of hydrogen-bond acceptors (Lipinski definition) is 8. The zero-order chi connectivity index (χ0) is 32.1. The van der Waals surface area contributed by atoms with Gasteiger partial charge in [0.25, 0.3) is 5.91 Å². The summed E-state index contributed by atoms with van der Waals surface area (Å²) in [5, 5.41) is 17.7. The maximum Gasteiger partial charge on any atom is 0.435 e. The lowest BCUT2D eigenvalue weighted by atomic mass is 9.88. The number of amides is 2. The number of rotatable bonds is 6. The first-order chi connectivity index (χ1) is 20.6. The molecule has 4 aromatic rings. The van der Waals surface area contributed by atoms with Crippen LogP contribution in [0.4, 0.5) is 24.7 Å². The number of aromatic nitrogens is 5. The second-order valence-electron chi connectivity index (χ2n) is 11.3. The number of nitrogens with one attached hydrogen (secondary N) is 1. The number of carbonyl (C=O) groups is 3. The average molecular weight is 630 g/mol. The number of halogens is 3. The Morgan fingerprint density at radius 3 is 2.51 bits per heavy atom. The number of hydrogen-bond donors (Lipinski definition) is 2. The van der Waals surface area contributed by atoms with Crippen LogP contribution in [0.1, 0.15) is 48.8 Å². The van der Waals surface area contributed by atoms with Crippen LogP contribution in [0, 0.1) is 6.92 Å². The number of benzene rings is 1. The SMILES string of the molecule is Cc1cc(Nc2nccn3c(-c4cn(C)nc4C(F)(F)F)cnc23)ccc1C(=O)N1CCN(C(=O)CC(=O)[O-])C(C)(C)C1C.[NH4+]. The van der Waals surface area contributed by atoms with Crippen LogP contribution in [0.2, 0.25) is 0 Å². The number of aliphatic carboxylic acids is 1. The van der Waals surface area contributed by atoms with Gasteiger partial charge in [-0.3, -0.25) is 18.7 Å². The third-order valence-corrected chi connectivity index (χ3v) is 8.13. The van der Waals surface area contributed by atoms with Crippen LogP contribution in [-0.4, -0.2) is 76.4 Å². The van der Waals surface area contributed by atoms with E-state index in [1.165, 1.54) is 41.1 Å². The molecule has 4 heterocycles. The number of imidazole rings is 1. The molecule has 2 amide bonds. The number of carbonyl (C=O) groups excluding carboxylic acids is 3. The zero-order valence-electron chi connectivity index (χ0n) is 25.6. The molecule has 0 aliphatic carbocycles. The van der Waals surface area contributed by atoms with Crippen molar-refractivity contribution in [2.24, 2.45) is 7.05 Å². The molecule has 1 unspecified atom stereocenters. The third-order valence-electron chi connectivity index (χ3n) is 8.13. The first kappa shape index (κ1) is 32.9. The fourth-order valence-corrected chi connectivity index (χ4v) is 5.60. The van der Waals surface area contributed by atoms with E-state index in [4.69, 9.17) is 0 Å². The van der Waals surface area contributed by atoms with Crippen LogP contribution in [0.3, 0.4) is 0 Å². The monoisotopic (exact) mass is 629 g/mol. The number of carboxylic acid groups (broad SMARTS) is 1.